The van der Waals surface area contributed by atoms with Gasteiger partial charge in [0.25, 0.3) is 5.56 Å². The molecule has 0 unspecified atom stereocenters. The highest BCUT2D eigenvalue weighted by Gasteiger charge is 2.01. The summed E-state index contributed by atoms with van der Waals surface area (Å²) in [6, 6.07) is 9.44. The van der Waals surface area contributed by atoms with Crippen LogP contribution in [-0.4, -0.2) is 24.6 Å². The molecule has 0 aliphatic heterocycles. The number of H-pyrrole nitrogens is 1. The zero-order chi connectivity index (χ0) is 15.1. The standard InChI is InChI=1S/C16H20N2O3/c1-21-15(19)9-3-2-6-10-17-14-11-12-7-4-5-8-13(12)16(20)18-14/h4-5,7-8,11H,2-3,6,9-10H2,1H3,(H2,17,18,20). The van der Waals surface area contributed by atoms with E-state index in [1.165, 1.54) is 7.11 Å². The molecule has 0 amide bonds. The number of hydrogen-bond acceptors (Lipinski definition) is 4. The third-order valence-corrected chi connectivity index (χ3v) is 3.35. The van der Waals surface area contributed by atoms with Crippen LogP contribution < -0.4 is 10.9 Å². The van der Waals surface area contributed by atoms with E-state index in [0.717, 1.165) is 37.0 Å². The van der Waals surface area contributed by atoms with E-state index in [1.54, 1.807) is 0 Å². The molecule has 5 nitrogen and oxygen atoms in total. The number of rotatable bonds is 7. The van der Waals surface area contributed by atoms with Crippen molar-refractivity contribution in [3.05, 3.63) is 40.7 Å². The Bertz CT molecular complexity index is 664. The van der Waals surface area contributed by atoms with Gasteiger partial charge in [-0.3, -0.25) is 9.59 Å². The molecule has 5 heteroatoms. The average Bonchev–Trinajstić information content (AvgIpc) is 2.50. The number of aromatic nitrogens is 1. The van der Waals surface area contributed by atoms with Crippen LogP contribution in [0.5, 0.6) is 0 Å². The molecule has 0 aliphatic carbocycles. The van der Waals surface area contributed by atoms with Crippen LogP contribution >= 0.6 is 0 Å². The Morgan fingerprint density at radius 2 is 2.05 bits per heavy atom. The van der Waals surface area contributed by atoms with Crippen molar-refractivity contribution in [3.8, 4) is 0 Å². The van der Waals surface area contributed by atoms with Gasteiger partial charge in [-0.1, -0.05) is 24.6 Å². The maximum absolute atomic E-state index is 11.9. The summed E-state index contributed by atoms with van der Waals surface area (Å²) in [5, 5.41) is 4.83. The second kappa shape index (κ2) is 7.47. The predicted molar refractivity (Wildman–Crippen MR) is 83.5 cm³/mol. The van der Waals surface area contributed by atoms with Crippen molar-refractivity contribution in [1.82, 2.24) is 4.98 Å². The smallest absolute Gasteiger partial charge is 0.305 e. The first-order valence-electron chi connectivity index (χ1n) is 7.13. The van der Waals surface area contributed by atoms with Crippen molar-refractivity contribution in [1.29, 1.82) is 0 Å². The quantitative estimate of drug-likeness (QED) is 0.607. The molecule has 0 saturated carbocycles. The van der Waals surface area contributed by atoms with E-state index in [1.807, 2.05) is 30.3 Å². The summed E-state index contributed by atoms with van der Waals surface area (Å²) in [5.41, 5.74) is -0.0821. The van der Waals surface area contributed by atoms with Crippen LogP contribution in [0.25, 0.3) is 10.8 Å². The average molecular weight is 288 g/mol. The van der Waals surface area contributed by atoms with Crippen LogP contribution in [0, 0.1) is 0 Å². The summed E-state index contributed by atoms with van der Waals surface area (Å²) in [7, 11) is 1.40. The van der Waals surface area contributed by atoms with E-state index in [-0.39, 0.29) is 11.5 Å². The molecule has 21 heavy (non-hydrogen) atoms. The van der Waals surface area contributed by atoms with Gasteiger partial charge in [-0.15, -0.1) is 0 Å². The molecule has 2 aromatic rings. The second-order valence-electron chi connectivity index (χ2n) is 4.91. The van der Waals surface area contributed by atoms with Gasteiger partial charge >= 0.3 is 5.97 Å². The van der Waals surface area contributed by atoms with E-state index in [4.69, 9.17) is 0 Å². The molecule has 0 aliphatic rings. The Morgan fingerprint density at radius 3 is 2.86 bits per heavy atom. The van der Waals surface area contributed by atoms with Gasteiger partial charge < -0.3 is 15.0 Å². The van der Waals surface area contributed by atoms with Gasteiger partial charge in [-0.05, 0) is 30.4 Å². The number of fused-ring (bicyclic) bond motifs is 1. The van der Waals surface area contributed by atoms with Gasteiger partial charge in [-0.2, -0.15) is 0 Å². The van der Waals surface area contributed by atoms with Crippen LogP contribution in [0.1, 0.15) is 25.7 Å². The van der Waals surface area contributed by atoms with Gasteiger partial charge in [0.2, 0.25) is 0 Å². The number of anilines is 1. The summed E-state index contributed by atoms with van der Waals surface area (Å²) in [6.07, 6.45) is 3.16. The maximum Gasteiger partial charge on any atom is 0.305 e. The molecular formula is C16H20N2O3. The number of hydrogen-bond donors (Lipinski definition) is 2. The predicted octanol–water partition coefficient (Wildman–Crippen LogP) is 2.67. The second-order valence-corrected chi connectivity index (χ2v) is 4.91. The van der Waals surface area contributed by atoms with Gasteiger partial charge in [0.05, 0.1) is 7.11 Å². The number of unbranched alkanes of at least 4 members (excludes halogenated alkanes) is 2. The maximum atomic E-state index is 11.9. The number of nitrogens with one attached hydrogen (secondary N) is 2. The first-order chi connectivity index (χ1) is 10.2. The molecule has 1 aromatic carbocycles. The Morgan fingerprint density at radius 1 is 1.24 bits per heavy atom. The first kappa shape index (κ1) is 15.1. The molecule has 0 bridgehead atoms. The number of aromatic amines is 1. The fraction of sp³-hybridized carbons (Fsp3) is 0.375. The van der Waals surface area contributed by atoms with E-state index >= 15 is 0 Å². The minimum absolute atomic E-state index is 0.0821. The topological polar surface area (TPSA) is 71.2 Å². The van der Waals surface area contributed by atoms with E-state index in [2.05, 4.69) is 15.0 Å². The van der Waals surface area contributed by atoms with Crippen molar-refractivity contribution >= 4 is 22.6 Å². The summed E-state index contributed by atoms with van der Waals surface area (Å²) in [4.78, 5) is 25.7. The molecule has 0 saturated heterocycles. The summed E-state index contributed by atoms with van der Waals surface area (Å²) in [6.45, 7) is 0.759. The Hall–Kier alpha value is -2.30. The van der Waals surface area contributed by atoms with Crippen molar-refractivity contribution in [2.75, 3.05) is 19.0 Å². The molecule has 1 heterocycles. The van der Waals surface area contributed by atoms with Crippen LogP contribution in [0.3, 0.4) is 0 Å². The molecule has 2 rings (SSSR count). The van der Waals surface area contributed by atoms with Crippen LogP contribution in [0.4, 0.5) is 5.82 Å². The van der Waals surface area contributed by atoms with Gasteiger partial charge in [0.15, 0.2) is 0 Å². The third-order valence-electron chi connectivity index (χ3n) is 3.35. The van der Waals surface area contributed by atoms with Crippen LogP contribution in [0.15, 0.2) is 35.1 Å². The van der Waals surface area contributed by atoms with E-state index < -0.39 is 0 Å². The molecule has 0 atom stereocenters. The zero-order valence-corrected chi connectivity index (χ0v) is 12.1. The first-order valence-corrected chi connectivity index (χ1v) is 7.13. The van der Waals surface area contributed by atoms with Gasteiger partial charge in [-0.25, -0.2) is 0 Å². The molecular weight excluding hydrogens is 268 g/mol. The lowest BCUT2D eigenvalue weighted by Gasteiger charge is -2.07. The fourth-order valence-electron chi connectivity index (χ4n) is 2.20. The third kappa shape index (κ3) is 4.34. The van der Waals surface area contributed by atoms with Crippen molar-refractivity contribution in [2.45, 2.75) is 25.7 Å². The SMILES string of the molecule is COC(=O)CCCCCNc1cc2ccccc2c(=O)[nH]1. The van der Waals surface area contributed by atoms with Crippen molar-refractivity contribution in [2.24, 2.45) is 0 Å². The monoisotopic (exact) mass is 288 g/mol. The highest BCUT2D eigenvalue weighted by molar-refractivity contribution is 5.83. The molecule has 0 radical (unpaired) electrons. The summed E-state index contributed by atoms with van der Waals surface area (Å²) < 4.78 is 4.59. The number of carbonyl (C=O) groups excluding carboxylic acids is 1. The minimum Gasteiger partial charge on any atom is -0.469 e. The van der Waals surface area contributed by atoms with E-state index in [0.29, 0.717) is 11.8 Å². The van der Waals surface area contributed by atoms with Crippen molar-refractivity contribution < 1.29 is 9.53 Å². The Balaban J connectivity index is 1.81. The number of benzene rings is 1. The number of ether oxygens (including phenoxy) is 1. The number of carbonyl (C=O) groups is 1. The number of esters is 1. The normalized spacial score (nSPS) is 10.5. The highest BCUT2D eigenvalue weighted by atomic mass is 16.5. The fourth-order valence-corrected chi connectivity index (χ4v) is 2.20. The van der Waals surface area contributed by atoms with Crippen LogP contribution in [0.2, 0.25) is 0 Å². The van der Waals surface area contributed by atoms with Gasteiger partial charge in [0, 0.05) is 18.4 Å². The van der Waals surface area contributed by atoms with E-state index in [9.17, 15) is 9.59 Å². The van der Waals surface area contributed by atoms with Crippen molar-refractivity contribution in [3.63, 3.8) is 0 Å². The molecule has 2 N–H and O–H groups in total. The minimum atomic E-state index is -0.165. The lowest BCUT2D eigenvalue weighted by atomic mass is 10.1. The Kier molecular flexibility index (Phi) is 5.37. The lowest BCUT2D eigenvalue weighted by Crippen LogP contribution is -2.11. The molecule has 1 aromatic heterocycles. The molecule has 112 valence electrons. The molecule has 0 spiro atoms. The molecule has 0 fully saturated rings. The number of methoxy groups -OCH3 is 1. The summed E-state index contributed by atoms with van der Waals surface area (Å²) in [5.74, 6) is 0.563. The zero-order valence-electron chi connectivity index (χ0n) is 12.1. The van der Waals surface area contributed by atoms with Gasteiger partial charge in [0.1, 0.15) is 5.82 Å². The summed E-state index contributed by atoms with van der Waals surface area (Å²) >= 11 is 0. The largest absolute Gasteiger partial charge is 0.469 e. The van der Waals surface area contributed by atoms with Crippen LogP contribution in [-0.2, 0) is 9.53 Å². The number of pyridine rings is 1. The lowest BCUT2D eigenvalue weighted by molar-refractivity contribution is -0.140. The Labute approximate surface area is 123 Å². The highest BCUT2D eigenvalue weighted by Crippen LogP contribution is 2.12.